The van der Waals surface area contributed by atoms with Crippen LogP contribution in [0.4, 0.5) is 0 Å². The number of aryl methyl sites for hydroxylation is 1. The number of hydrogen-bond donors (Lipinski definition) is 0. The number of nitrogens with zero attached hydrogens (tertiary/aromatic N) is 2. The van der Waals surface area contributed by atoms with Crippen molar-refractivity contribution in [2.24, 2.45) is 0 Å². The minimum absolute atomic E-state index is 0.592. The van der Waals surface area contributed by atoms with Crippen LogP contribution in [0.3, 0.4) is 0 Å². The van der Waals surface area contributed by atoms with Crippen molar-refractivity contribution in [1.82, 2.24) is 4.57 Å². The molecule has 32 heavy (non-hydrogen) atoms. The predicted molar refractivity (Wildman–Crippen MR) is 142 cm³/mol. The van der Waals surface area contributed by atoms with Gasteiger partial charge in [0, 0.05) is 0 Å². The van der Waals surface area contributed by atoms with E-state index in [0.717, 1.165) is 0 Å². The third kappa shape index (κ3) is 13.0. The van der Waals surface area contributed by atoms with E-state index in [2.05, 4.69) is 56.1 Å². The Morgan fingerprint density at radius 3 is 1.53 bits per heavy atom. The van der Waals surface area contributed by atoms with E-state index in [1.54, 1.807) is 0 Å². The van der Waals surface area contributed by atoms with Gasteiger partial charge < -0.3 is 0 Å². The molecule has 0 radical (unpaired) electrons. The van der Waals surface area contributed by atoms with Gasteiger partial charge in [-0.3, -0.25) is 0 Å². The average Bonchev–Trinajstić information content (AvgIpc) is 3.21. The van der Waals surface area contributed by atoms with Crippen molar-refractivity contribution in [3.63, 3.8) is 0 Å². The van der Waals surface area contributed by atoms with E-state index in [4.69, 9.17) is 0 Å². The normalized spacial score (nSPS) is 12.7. The minimum atomic E-state index is 0.592. The molecule has 0 aliphatic carbocycles. The summed E-state index contributed by atoms with van der Waals surface area (Å²) in [6.45, 7) is 13.0. The van der Waals surface area contributed by atoms with Crippen LogP contribution in [0.15, 0.2) is 12.4 Å². The smallest absolute Gasteiger partial charge is 0.234 e. The van der Waals surface area contributed by atoms with E-state index in [1.165, 1.54) is 134 Å². The van der Waals surface area contributed by atoms with Crippen molar-refractivity contribution in [1.29, 1.82) is 0 Å². The van der Waals surface area contributed by atoms with Gasteiger partial charge in [-0.2, -0.15) is 0 Å². The van der Waals surface area contributed by atoms with Gasteiger partial charge in [-0.25, -0.2) is 9.13 Å². The Morgan fingerprint density at radius 1 is 0.625 bits per heavy atom. The average molecular weight is 448 g/mol. The van der Waals surface area contributed by atoms with E-state index < -0.39 is 0 Å². The van der Waals surface area contributed by atoms with Crippen LogP contribution >= 0.6 is 0 Å². The van der Waals surface area contributed by atoms with Crippen LogP contribution in [0.5, 0.6) is 0 Å². The van der Waals surface area contributed by atoms with E-state index in [0.29, 0.717) is 12.0 Å². The van der Waals surface area contributed by atoms with Crippen molar-refractivity contribution in [2.45, 2.75) is 175 Å². The molecular weight excluding hydrogens is 388 g/mol. The van der Waals surface area contributed by atoms with Crippen LogP contribution in [0.25, 0.3) is 0 Å². The molecule has 1 atom stereocenters. The van der Waals surface area contributed by atoms with Gasteiger partial charge in [-0.05, 0) is 32.6 Å². The highest BCUT2D eigenvalue weighted by Crippen LogP contribution is 2.22. The summed E-state index contributed by atoms with van der Waals surface area (Å²) in [7, 11) is 0. The highest BCUT2D eigenvalue weighted by atomic mass is 15.2. The Bertz CT molecular complexity index is 531. The van der Waals surface area contributed by atoms with Gasteiger partial charge in [-0.15, -0.1) is 0 Å². The molecule has 1 heterocycles. The van der Waals surface area contributed by atoms with E-state index in [9.17, 15) is 0 Å². The second-order valence-electron chi connectivity index (χ2n) is 10.7. The summed E-state index contributed by atoms with van der Waals surface area (Å²) < 4.78 is 5.13. The highest BCUT2D eigenvalue weighted by Gasteiger charge is 2.23. The molecule has 0 saturated carbocycles. The van der Waals surface area contributed by atoms with Gasteiger partial charge in [0.15, 0.2) is 0 Å². The second kappa shape index (κ2) is 19.7. The van der Waals surface area contributed by atoms with Gasteiger partial charge >= 0.3 is 0 Å². The molecule has 2 nitrogen and oxygen atoms in total. The van der Waals surface area contributed by atoms with E-state index >= 15 is 0 Å². The first kappa shape index (κ1) is 29.2. The molecule has 0 aliphatic heterocycles. The number of hydrogen-bond acceptors (Lipinski definition) is 0. The maximum absolute atomic E-state index is 2.59. The second-order valence-corrected chi connectivity index (χ2v) is 10.7. The largest absolute Gasteiger partial charge is 0.259 e. The maximum atomic E-state index is 2.59. The van der Waals surface area contributed by atoms with Gasteiger partial charge in [0.1, 0.15) is 12.4 Å². The minimum Gasteiger partial charge on any atom is -0.234 e. The van der Waals surface area contributed by atoms with Gasteiger partial charge in [0.25, 0.3) is 5.82 Å². The number of aromatic nitrogens is 2. The third-order valence-corrected chi connectivity index (χ3v) is 7.19. The van der Waals surface area contributed by atoms with Crippen molar-refractivity contribution in [3.8, 4) is 0 Å². The Hall–Kier alpha value is -0.790. The molecule has 0 amide bonds. The molecule has 188 valence electrons. The van der Waals surface area contributed by atoms with Crippen LogP contribution in [-0.4, -0.2) is 4.57 Å². The Kier molecular flexibility index (Phi) is 18.0. The molecule has 0 N–H and O–H groups in total. The van der Waals surface area contributed by atoms with Crippen molar-refractivity contribution >= 4 is 0 Å². The molecule has 1 rings (SSSR count). The van der Waals surface area contributed by atoms with Gasteiger partial charge in [0.2, 0.25) is 0 Å². The molecule has 1 aromatic rings. The highest BCUT2D eigenvalue weighted by molar-refractivity contribution is 4.92. The molecule has 0 bridgehead atoms. The molecule has 0 saturated heterocycles. The Labute approximate surface area is 202 Å². The standard InChI is InChI=1S/C30H59N2/c1-6-8-10-12-14-15-16-17-18-20-22-24-29(5)32-27-26-31(30(32)28(3)4)25-23-21-19-13-11-9-7-2/h26-29H,6-25H2,1-5H3/q+1. The quantitative estimate of drug-likeness (QED) is 0.123. The van der Waals surface area contributed by atoms with Crippen LogP contribution in [-0.2, 0) is 6.54 Å². The predicted octanol–water partition coefficient (Wildman–Crippen LogP) is 9.91. The summed E-state index contributed by atoms with van der Waals surface area (Å²) >= 11 is 0. The molecule has 0 fully saturated rings. The van der Waals surface area contributed by atoms with Crippen LogP contribution < -0.4 is 4.57 Å². The summed E-state index contributed by atoms with van der Waals surface area (Å²) in [4.78, 5) is 0. The topological polar surface area (TPSA) is 8.81 Å². The molecule has 1 aromatic heterocycles. The lowest BCUT2D eigenvalue weighted by Gasteiger charge is -2.14. The summed E-state index contributed by atoms with van der Waals surface area (Å²) in [5, 5.41) is 0. The van der Waals surface area contributed by atoms with Crippen LogP contribution in [0.2, 0.25) is 0 Å². The van der Waals surface area contributed by atoms with Crippen LogP contribution in [0, 0.1) is 0 Å². The lowest BCUT2D eigenvalue weighted by molar-refractivity contribution is -0.705. The zero-order valence-corrected chi connectivity index (χ0v) is 22.8. The molecule has 0 spiro atoms. The van der Waals surface area contributed by atoms with E-state index in [1.807, 2.05) is 0 Å². The summed E-state index contributed by atoms with van der Waals surface area (Å²) in [5.74, 6) is 2.13. The number of imidazole rings is 1. The first-order valence-corrected chi connectivity index (χ1v) is 14.7. The first-order chi connectivity index (χ1) is 15.6. The fourth-order valence-electron chi connectivity index (χ4n) is 5.13. The summed E-state index contributed by atoms with van der Waals surface area (Å²) in [6.07, 6.45) is 31.5. The van der Waals surface area contributed by atoms with Crippen molar-refractivity contribution in [3.05, 3.63) is 18.2 Å². The zero-order valence-electron chi connectivity index (χ0n) is 22.8. The lowest BCUT2D eigenvalue weighted by atomic mass is 10.0. The van der Waals surface area contributed by atoms with Gasteiger partial charge in [0.05, 0.1) is 18.5 Å². The summed E-state index contributed by atoms with van der Waals surface area (Å²) in [5.41, 5.74) is 0. The first-order valence-electron chi connectivity index (χ1n) is 14.7. The Morgan fingerprint density at radius 2 is 1.06 bits per heavy atom. The summed E-state index contributed by atoms with van der Waals surface area (Å²) in [6, 6.07) is 0.626. The van der Waals surface area contributed by atoms with Gasteiger partial charge in [-0.1, -0.05) is 124 Å². The van der Waals surface area contributed by atoms with E-state index in [-0.39, 0.29) is 0 Å². The fourth-order valence-corrected chi connectivity index (χ4v) is 5.13. The molecular formula is C30H59N2+. The fraction of sp³-hybridized carbons (Fsp3) is 0.900. The Balaban J connectivity index is 2.24. The SMILES string of the molecule is CCCCCCCCCCCCCC(C)n1cc[n+](CCCCCCCCC)c1C(C)C. The maximum Gasteiger partial charge on any atom is 0.259 e. The number of rotatable bonds is 22. The molecule has 2 heteroatoms. The number of unbranched alkanes of at least 4 members (excludes halogenated alkanes) is 16. The van der Waals surface area contributed by atoms with Crippen LogP contribution in [0.1, 0.15) is 174 Å². The zero-order chi connectivity index (χ0) is 23.4. The molecule has 0 aromatic carbocycles. The monoisotopic (exact) mass is 447 g/mol. The van der Waals surface area contributed by atoms with Crippen molar-refractivity contribution < 1.29 is 4.57 Å². The lowest BCUT2D eigenvalue weighted by Crippen LogP contribution is -2.38. The third-order valence-electron chi connectivity index (χ3n) is 7.19. The van der Waals surface area contributed by atoms with Crippen molar-refractivity contribution in [2.75, 3.05) is 0 Å². The molecule has 0 aliphatic rings. The molecule has 1 unspecified atom stereocenters.